The smallest absolute Gasteiger partial charge is 0.129 e. The van der Waals surface area contributed by atoms with Crippen molar-refractivity contribution in [2.24, 2.45) is 0 Å². The highest BCUT2D eigenvalue weighted by atomic mass is 35.5. The van der Waals surface area contributed by atoms with E-state index in [4.69, 9.17) is 16.3 Å². The molecule has 0 atom stereocenters. The second-order valence-electron chi connectivity index (χ2n) is 5.84. The number of hydrogen-bond donors (Lipinski definition) is 1. The molecule has 0 aliphatic carbocycles. The molecule has 0 saturated heterocycles. The summed E-state index contributed by atoms with van der Waals surface area (Å²) in [5.74, 6) is 0.471. The van der Waals surface area contributed by atoms with Gasteiger partial charge in [-0.1, -0.05) is 43.6 Å². The number of nitrogens with one attached hydrogen (secondary N) is 1. The average molecular weight is 400 g/mol. The van der Waals surface area contributed by atoms with E-state index < -0.39 is 0 Å². The molecule has 3 nitrogen and oxygen atoms in total. The maximum absolute atomic E-state index is 13.7. The maximum atomic E-state index is 13.7. The molecule has 6 heteroatoms. The molecule has 0 fully saturated rings. The van der Waals surface area contributed by atoms with Crippen molar-refractivity contribution in [2.75, 3.05) is 26.2 Å². The summed E-state index contributed by atoms with van der Waals surface area (Å²) in [5.41, 5.74) is 1.52. The Morgan fingerprint density at radius 1 is 1.08 bits per heavy atom. The molecule has 0 aliphatic heterocycles. The third kappa shape index (κ3) is 7.12. The van der Waals surface area contributed by atoms with Crippen LogP contribution in [0.3, 0.4) is 0 Å². The summed E-state index contributed by atoms with van der Waals surface area (Å²) in [4.78, 5) is 2.36. The van der Waals surface area contributed by atoms with Crippen molar-refractivity contribution in [3.05, 3.63) is 64.4 Å². The molecule has 144 valence electrons. The topological polar surface area (TPSA) is 24.5 Å². The summed E-state index contributed by atoms with van der Waals surface area (Å²) in [6.07, 6.45) is 0. The first kappa shape index (κ1) is 22.7. The molecule has 2 aromatic carbocycles. The standard InChI is InChI=1S/C20H26ClFN2O.ClH/c1-3-24(4-2)12-11-23-14-17-13-18(21)9-10-20(17)25-15-16-7-5-6-8-19(16)22;/h5-10,13,23H,3-4,11-12,14-15H2,1-2H3;1H/p-1. The summed E-state index contributed by atoms with van der Waals surface area (Å²) in [6.45, 7) is 9.16. The SMILES string of the molecule is CCN(CC)CCNCc1cc(Cl)ccc1OCc1ccccc1F.[Cl-]. The first-order chi connectivity index (χ1) is 12.1. The summed E-state index contributed by atoms with van der Waals surface area (Å²) in [6, 6.07) is 12.2. The summed E-state index contributed by atoms with van der Waals surface area (Å²) in [7, 11) is 0. The lowest BCUT2D eigenvalue weighted by Gasteiger charge is -2.18. The molecule has 0 amide bonds. The van der Waals surface area contributed by atoms with Gasteiger partial charge in [-0.2, -0.15) is 0 Å². The lowest BCUT2D eigenvalue weighted by molar-refractivity contribution is -0.00000615. The molecule has 0 aliphatic rings. The van der Waals surface area contributed by atoms with Crippen LogP contribution in [0.5, 0.6) is 5.75 Å². The van der Waals surface area contributed by atoms with Crippen molar-refractivity contribution in [2.45, 2.75) is 27.0 Å². The van der Waals surface area contributed by atoms with Crippen LogP contribution in [0, 0.1) is 5.82 Å². The van der Waals surface area contributed by atoms with Crippen molar-refractivity contribution >= 4 is 11.6 Å². The summed E-state index contributed by atoms with van der Waals surface area (Å²) in [5, 5.41) is 4.09. The lowest BCUT2D eigenvalue weighted by atomic mass is 10.2. The van der Waals surface area contributed by atoms with Crippen LogP contribution in [0.2, 0.25) is 5.02 Å². The molecule has 0 saturated carbocycles. The Hall–Kier alpha value is -1.33. The van der Waals surface area contributed by atoms with Crippen LogP contribution in [0.15, 0.2) is 42.5 Å². The zero-order valence-electron chi connectivity index (χ0n) is 15.3. The molecule has 0 bridgehead atoms. The normalized spacial score (nSPS) is 10.7. The van der Waals surface area contributed by atoms with Gasteiger partial charge in [-0.15, -0.1) is 0 Å². The number of rotatable bonds is 10. The predicted octanol–water partition coefficient (Wildman–Crippen LogP) is 1.49. The fourth-order valence-electron chi connectivity index (χ4n) is 2.60. The van der Waals surface area contributed by atoms with E-state index in [0.29, 0.717) is 17.1 Å². The second-order valence-corrected chi connectivity index (χ2v) is 6.27. The quantitative estimate of drug-likeness (QED) is 0.612. The minimum atomic E-state index is -0.254. The number of ether oxygens (including phenoxy) is 1. The third-order valence-electron chi connectivity index (χ3n) is 4.18. The highest BCUT2D eigenvalue weighted by molar-refractivity contribution is 6.30. The van der Waals surface area contributed by atoms with Gasteiger partial charge in [0.25, 0.3) is 0 Å². The zero-order valence-corrected chi connectivity index (χ0v) is 16.8. The summed E-state index contributed by atoms with van der Waals surface area (Å²) < 4.78 is 19.6. The van der Waals surface area contributed by atoms with Crippen molar-refractivity contribution in [3.63, 3.8) is 0 Å². The number of nitrogens with zero attached hydrogens (tertiary/aromatic N) is 1. The van der Waals surface area contributed by atoms with Crippen LogP contribution >= 0.6 is 11.6 Å². The molecule has 1 N–H and O–H groups in total. The van der Waals surface area contributed by atoms with Gasteiger partial charge in [0.2, 0.25) is 0 Å². The molecule has 0 unspecified atom stereocenters. The number of benzene rings is 2. The van der Waals surface area contributed by atoms with Gasteiger partial charge in [0.1, 0.15) is 18.2 Å². The maximum Gasteiger partial charge on any atom is 0.129 e. The Labute approximate surface area is 166 Å². The van der Waals surface area contributed by atoms with Gasteiger partial charge in [-0.3, -0.25) is 0 Å². The van der Waals surface area contributed by atoms with Crippen LogP contribution in [-0.2, 0) is 13.2 Å². The second kappa shape index (κ2) is 12.1. The van der Waals surface area contributed by atoms with Crippen LogP contribution in [-0.4, -0.2) is 31.1 Å². The molecule has 2 rings (SSSR count). The predicted molar refractivity (Wildman–Crippen MR) is 102 cm³/mol. The molecule has 2 aromatic rings. The van der Waals surface area contributed by atoms with E-state index in [1.54, 1.807) is 24.3 Å². The lowest BCUT2D eigenvalue weighted by Crippen LogP contribution is -3.00. The highest BCUT2D eigenvalue weighted by Gasteiger charge is 2.08. The fraction of sp³-hybridized carbons (Fsp3) is 0.400. The molecule has 0 radical (unpaired) electrons. The van der Waals surface area contributed by atoms with Crippen molar-refractivity contribution < 1.29 is 21.5 Å². The third-order valence-corrected chi connectivity index (χ3v) is 4.41. The minimum absolute atomic E-state index is 0. The largest absolute Gasteiger partial charge is 1.00 e. The van der Waals surface area contributed by atoms with E-state index in [1.807, 2.05) is 12.1 Å². The molecular formula is C20H26Cl2FN2O-. The summed E-state index contributed by atoms with van der Waals surface area (Å²) >= 11 is 6.12. The van der Waals surface area contributed by atoms with Gasteiger partial charge in [0.15, 0.2) is 0 Å². The fourth-order valence-corrected chi connectivity index (χ4v) is 2.79. The monoisotopic (exact) mass is 399 g/mol. The number of halogens is 3. The van der Waals surface area contributed by atoms with E-state index in [9.17, 15) is 4.39 Å². The van der Waals surface area contributed by atoms with Gasteiger partial charge in [0, 0.05) is 35.8 Å². The van der Waals surface area contributed by atoms with E-state index in [0.717, 1.165) is 37.5 Å². The number of likely N-dealkylation sites (N-methyl/N-ethyl adjacent to an activating group) is 1. The van der Waals surface area contributed by atoms with Crippen molar-refractivity contribution in [1.82, 2.24) is 10.2 Å². The van der Waals surface area contributed by atoms with E-state index in [2.05, 4.69) is 24.1 Å². The first-order valence-corrected chi connectivity index (χ1v) is 9.09. The van der Waals surface area contributed by atoms with Crippen LogP contribution in [0.25, 0.3) is 0 Å². The first-order valence-electron chi connectivity index (χ1n) is 8.71. The van der Waals surface area contributed by atoms with Gasteiger partial charge >= 0.3 is 0 Å². The van der Waals surface area contributed by atoms with Crippen LogP contribution < -0.4 is 22.5 Å². The van der Waals surface area contributed by atoms with Crippen LogP contribution in [0.4, 0.5) is 4.39 Å². The average Bonchev–Trinajstić information content (AvgIpc) is 2.62. The molecule has 0 aromatic heterocycles. The molecule has 0 spiro atoms. The van der Waals surface area contributed by atoms with Gasteiger partial charge in [0.05, 0.1) is 0 Å². The van der Waals surface area contributed by atoms with E-state index in [-0.39, 0.29) is 24.8 Å². The Morgan fingerprint density at radius 3 is 2.50 bits per heavy atom. The molecular weight excluding hydrogens is 374 g/mol. The van der Waals surface area contributed by atoms with Gasteiger partial charge < -0.3 is 27.4 Å². The highest BCUT2D eigenvalue weighted by Crippen LogP contribution is 2.24. The van der Waals surface area contributed by atoms with Gasteiger partial charge in [-0.25, -0.2) is 4.39 Å². The Morgan fingerprint density at radius 2 is 1.81 bits per heavy atom. The Bertz CT molecular complexity index is 666. The molecule has 26 heavy (non-hydrogen) atoms. The Kier molecular flexibility index (Phi) is 10.6. The van der Waals surface area contributed by atoms with Crippen molar-refractivity contribution in [3.8, 4) is 5.75 Å². The van der Waals surface area contributed by atoms with Gasteiger partial charge in [-0.05, 0) is 37.4 Å². The molecule has 0 heterocycles. The minimum Gasteiger partial charge on any atom is -1.00 e. The Balaban J connectivity index is 0.00000338. The van der Waals surface area contributed by atoms with E-state index in [1.165, 1.54) is 6.07 Å². The van der Waals surface area contributed by atoms with E-state index >= 15 is 0 Å². The number of hydrogen-bond acceptors (Lipinski definition) is 3. The van der Waals surface area contributed by atoms with Crippen molar-refractivity contribution in [1.29, 1.82) is 0 Å². The van der Waals surface area contributed by atoms with Crippen LogP contribution in [0.1, 0.15) is 25.0 Å². The zero-order chi connectivity index (χ0) is 18.1.